The van der Waals surface area contributed by atoms with Crippen molar-refractivity contribution in [2.24, 2.45) is 5.41 Å². The fourth-order valence-electron chi connectivity index (χ4n) is 2.51. The van der Waals surface area contributed by atoms with Gasteiger partial charge in [-0.15, -0.1) is 0 Å². The van der Waals surface area contributed by atoms with Crippen LogP contribution in [-0.2, 0) is 14.6 Å². The van der Waals surface area contributed by atoms with Crippen molar-refractivity contribution in [3.05, 3.63) is 11.8 Å². The van der Waals surface area contributed by atoms with Crippen LogP contribution in [0.2, 0.25) is 0 Å². The molecular formula is C14H26O3S. The molecule has 1 aliphatic heterocycles. The van der Waals surface area contributed by atoms with Gasteiger partial charge >= 0.3 is 0 Å². The van der Waals surface area contributed by atoms with E-state index in [1.165, 1.54) is 5.57 Å². The monoisotopic (exact) mass is 274 g/mol. The van der Waals surface area contributed by atoms with Crippen LogP contribution in [0.4, 0.5) is 0 Å². The van der Waals surface area contributed by atoms with E-state index in [1.54, 1.807) is 6.26 Å². The fraction of sp³-hybridized carbons (Fsp3) is 0.857. The molecule has 0 aliphatic carbocycles. The van der Waals surface area contributed by atoms with E-state index in [4.69, 9.17) is 4.74 Å². The lowest BCUT2D eigenvalue weighted by atomic mass is 9.76. The summed E-state index contributed by atoms with van der Waals surface area (Å²) in [4.78, 5) is 0. The number of rotatable bonds is 6. The summed E-state index contributed by atoms with van der Waals surface area (Å²) in [6.45, 7) is 6.94. The molecule has 18 heavy (non-hydrogen) atoms. The molecule has 1 saturated heterocycles. The third kappa shape index (κ3) is 5.01. The Bertz CT molecular complexity index is 364. The van der Waals surface area contributed by atoms with Crippen LogP contribution in [0.25, 0.3) is 0 Å². The van der Waals surface area contributed by atoms with Gasteiger partial charge in [-0.2, -0.15) is 0 Å². The maximum absolute atomic E-state index is 11.5. The maximum atomic E-state index is 11.5. The zero-order valence-corrected chi connectivity index (χ0v) is 12.7. The van der Waals surface area contributed by atoms with Gasteiger partial charge in [0, 0.05) is 0 Å². The first-order valence-corrected chi connectivity index (χ1v) is 8.67. The second-order valence-electron chi connectivity index (χ2n) is 5.67. The van der Waals surface area contributed by atoms with Gasteiger partial charge in [0.15, 0.2) is 0 Å². The standard InChI is InChI=1S/C14H26O3S/c1-4-14(6-5-9-17-12-13(2)3)7-10-18(15,16)11-8-14/h12H,4-11H2,1-3H3. The Balaban J connectivity index is 2.36. The normalized spacial score (nSPS) is 21.3. The molecule has 4 heteroatoms. The third-order valence-electron chi connectivity index (χ3n) is 3.93. The van der Waals surface area contributed by atoms with Crippen LogP contribution in [0.15, 0.2) is 11.8 Å². The Kier molecular flexibility index (Phi) is 5.70. The minimum atomic E-state index is -2.75. The fourth-order valence-corrected chi connectivity index (χ4v) is 4.20. The molecule has 0 aromatic rings. The Morgan fingerprint density at radius 3 is 2.39 bits per heavy atom. The zero-order chi connectivity index (χ0) is 13.6. The molecule has 106 valence electrons. The molecule has 0 N–H and O–H groups in total. The highest BCUT2D eigenvalue weighted by atomic mass is 32.2. The highest BCUT2D eigenvalue weighted by molar-refractivity contribution is 7.91. The van der Waals surface area contributed by atoms with E-state index >= 15 is 0 Å². The summed E-state index contributed by atoms with van der Waals surface area (Å²) in [6.07, 6.45) is 6.62. The number of ether oxygens (including phenoxy) is 1. The van der Waals surface area contributed by atoms with Crippen molar-refractivity contribution in [1.82, 2.24) is 0 Å². The predicted molar refractivity (Wildman–Crippen MR) is 75.2 cm³/mol. The highest BCUT2D eigenvalue weighted by Crippen LogP contribution is 2.39. The molecule has 0 unspecified atom stereocenters. The van der Waals surface area contributed by atoms with Crippen LogP contribution in [0.1, 0.15) is 52.9 Å². The van der Waals surface area contributed by atoms with Gasteiger partial charge in [-0.1, -0.05) is 13.3 Å². The molecule has 0 bridgehead atoms. The molecule has 3 nitrogen and oxygen atoms in total. The molecule has 1 heterocycles. The second-order valence-corrected chi connectivity index (χ2v) is 7.98. The molecule has 1 fully saturated rings. The molecule has 1 rings (SSSR count). The summed E-state index contributed by atoms with van der Waals surface area (Å²) in [5, 5.41) is 0. The van der Waals surface area contributed by atoms with E-state index in [0.717, 1.165) is 38.7 Å². The van der Waals surface area contributed by atoms with E-state index in [0.29, 0.717) is 11.5 Å². The average Bonchev–Trinajstić information content (AvgIpc) is 2.31. The first kappa shape index (κ1) is 15.5. The molecule has 1 aliphatic rings. The van der Waals surface area contributed by atoms with E-state index in [1.807, 2.05) is 13.8 Å². The minimum absolute atomic E-state index is 0.236. The van der Waals surface area contributed by atoms with Crippen molar-refractivity contribution in [3.8, 4) is 0 Å². The second kappa shape index (κ2) is 6.60. The minimum Gasteiger partial charge on any atom is -0.501 e. The van der Waals surface area contributed by atoms with Crippen molar-refractivity contribution in [2.45, 2.75) is 52.9 Å². The molecule has 0 aromatic heterocycles. The van der Waals surface area contributed by atoms with Gasteiger partial charge in [0.2, 0.25) is 0 Å². The lowest BCUT2D eigenvalue weighted by molar-refractivity contribution is 0.175. The number of sulfone groups is 1. The van der Waals surface area contributed by atoms with Gasteiger partial charge in [-0.25, -0.2) is 8.42 Å². The van der Waals surface area contributed by atoms with E-state index in [2.05, 4.69) is 6.92 Å². The number of hydrogen-bond acceptors (Lipinski definition) is 3. The van der Waals surface area contributed by atoms with E-state index in [9.17, 15) is 8.42 Å². The smallest absolute Gasteiger partial charge is 0.150 e. The van der Waals surface area contributed by atoms with Crippen LogP contribution >= 0.6 is 0 Å². The van der Waals surface area contributed by atoms with Gasteiger partial charge < -0.3 is 4.74 Å². The van der Waals surface area contributed by atoms with Crippen molar-refractivity contribution in [2.75, 3.05) is 18.1 Å². The Hall–Kier alpha value is -0.510. The Morgan fingerprint density at radius 1 is 1.28 bits per heavy atom. The van der Waals surface area contributed by atoms with Crippen LogP contribution in [0.5, 0.6) is 0 Å². The quantitative estimate of drug-likeness (QED) is 0.551. The molecule has 0 saturated carbocycles. The van der Waals surface area contributed by atoms with E-state index in [-0.39, 0.29) is 5.41 Å². The third-order valence-corrected chi connectivity index (χ3v) is 5.58. The number of hydrogen-bond donors (Lipinski definition) is 0. The average molecular weight is 274 g/mol. The molecule has 0 amide bonds. The van der Waals surface area contributed by atoms with Gasteiger partial charge in [0.25, 0.3) is 0 Å². The lowest BCUT2D eigenvalue weighted by Crippen LogP contribution is -2.33. The van der Waals surface area contributed by atoms with Crippen LogP contribution in [0, 0.1) is 5.41 Å². The van der Waals surface area contributed by atoms with Gasteiger partial charge in [0.05, 0.1) is 24.4 Å². The molecule has 0 aromatic carbocycles. The van der Waals surface area contributed by atoms with Crippen LogP contribution in [-0.4, -0.2) is 26.5 Å². The highest BCUT2D eigenvalue weighted by Gasteiger charge is 2.35. The topological polar surface area (TPSA) is 43.4 Å². The summed E-state index contributed by atoms with van der Waals surface area (Å²) in [5.41, 5.74) is 1.41. The van der Waals surface area contributed by atoms with Gasteiger partial charge in [-0.3, -0.25) is 0 Å². The van der Waals surface area contributed by atoms with Gasteiger partial charge in [-0.05, 0) is 50.5 Å². The number of allylic oxidation sites excluding steroid dienone is 1. The first-order valence-electron chi connectivity index (χ1n) is 6.85. The predicted octanol–water partition coefficient (Wildman–Crippen LogP) is 3.31. The van der Waals surface area contributed by atoms with Crippen molar-refractivity contribution < 1.29 is 13.2 Å². The Morgan fingerprint density at radius 2 is 1.89 bits per heavy atom. The SMILES string of the molecule is CCC1(CCCOC=C(C)C)CCS(=O)(=O)CC1. The summed E-state index contributed by atoms with van der Waals surface area (Å²) >= 11 is 0. The molecule has 0 spiro atoms. The van der Waals surface area contributed by atoms with Crippen molar-refractivity contribution >= 4 is 9.84 Å². The summed E-state index contributed by atoms with van der Waals surface area (Å²) < 4.78 is 28.4. The van der Waals surface area contributed by atoms with Crippen LogP contribution < -0.4 is 0 Å². The molecular weight excluding hydrogens is 248 g/mol. The van der Waals surface area contributed by atoms with Gasteiger partial charge in [0.1, 0.15) is 9.84 Å². The maximum Gasteiger partial charge on any atom is 0.150 e. The Labute approximate surface area is 112 Å². The molecule has 0 atom stereocenters. The lowest BCUT2D eigenvalue weighted by Gasteiger charge is -2.36. The first-order chi connectivity index (χ1) is 8.39. The summed E-state index contributed by atoms with van der Waals surface area (Å²) in [6, 6.07) is 0. The van der Waals surface area contributed by atoms with Crippen molar-refractivity contribution in [3.63, 3.8) is 0 Å². The van der Waals surface area contributed by atoms with E-state index < -0.39 is 9.84 Å². The summed E-state index contributed by atoms with van der Waals surface area (Å²) in [7, 11) is -2.75. The largest absolute Gasteiger partial charge is 0.501 e. The zero-order valence-electron chi connectivity index (χ0n) is 11.9. The van der Waals surface area contributed by atoms with Crippen LogP contribution in [0.3, 0.4) is 0 Å². The van der Waals surface area contributed by atoms with Crippen molar-refractivity contribution in [1.29, 1.82) is 0 Å². The molecule has 0 radical (unpaired) electrons. The summed E-state index contributed by atoms with van der Waals surface area (Å²) in [5.74, 6) is 0.741.